The topological polar surface area (TPSA) is 74.0 Å². The van der Waals surface area contributed by atoms with Crippen molar-refractivity contribution in [2.24, 2.45) is 5.92 Å². The zero-order valence-corrected chi connectivity index (χ0v) is 19.3. The third-order valence-electron chi connectivity index (χ3n) is 5.99. The number of hydrogen-bond acceptors (Lipinski definition) is 3. The molecule has 6 heteroatoms. The van der Waals surface area contributed by atoms with E-state index in [0.29, 0.717) is 17.0 Å². The van der Waals surface area contributed by atoms with Gasteiger partial charge in [-0.25, -0.2) is 0 Å². The number of carbonyl (C=O) groups excluding carboxylic acids is 1. The number of carbonyl (C=O) groups is 1. The minimum atomic E-state index is -0.175. The maximum atomic E-state index is 12.9. The van der Waals surface area contributed by atoms with E-state index in [2.05, 4.69) is 38.5 Å². The van der Waals surface area contributed by atoms with E-state index in [-0.39, 0.29) is 18.0 Å². The Morgan fingerprint density at radius 2 is 1.83 bits per heavy atom. The SMILES string of the molecule is Cc1cc(C)c(CNC(=O)c2cc(Br)c(C)c(NCC3CCCC3)c2C)c(=O)[nH]1. The zero-order chi connectivity index (χ0) is 21.1. The third kappa shape index (κ3) is 4.92. The highest BCUT2D eigenvalue weighted by Crippen LogP contribution is 2.32. The normalized spacial score (nSPS) is 14.2. The summed E-state index contributed by atoms with van der Waals surface area (Å²) in [6.45, 7) is 8.93. The van der Waals surface area contributed by atoms with Crippen molar-refractivity contribution in [2.75, 3.05) is 11.9 Å². The average Bonchev–Trinajstić information content (AvgIpc) is 3.17. The Kier molecular flexibility index (Phi) is 6.83. The largest absolute Gasteiger partial charge is 0.384 e. The van der Waals surface area contributed by atoms with Gasteiger partial charge in [0.2, 0.25) is 0 Å². The van der Waals surface area contributed by atoms with E-state index >= 15 is 0 Å². The minimum absolute atomic E-state index is 0.150. The molecule has 1 heterocycles. The number of rotatable bonds is 6. The fourth-order valence-electron chi connectivity index (χ4n) is 4.21. The number of amides is 1. The highest BCUT2D eigenvalue weighted by atomic mass is 79.9. The second-order valence-electron chi connectivity index (χ2n) is 8.19. The van der Waals surface area contributed by atoms with Gasteiger partial charge in [0.25, 0.3) is 11.5 Å². The van der Waals surface area contributed by atoms with E-state index < -0.39 is 0 Å². The molecule has 0 radical (unpaired) electrons. The van der Waals surface area contributed by atoms with Crippen molar-refractivity contribution in [2.45, 2.75) is 59.9 Å². The number of pyridine rings is 1. The molecule has 0 aliphatic heterocycles. The van der Waals surface area contributed by atoms with E-state index in [4.69, 9.17) is 0 Å². The lowest BCUT2D eigenvalue weighted by Gasteiger charge is -2.20. The molecule has 1 aromatic carbocycles. The first-order chi connectivity index (χ1) is 13.8. The Labute approximate surface area is 180 Å². The fourth-order valence-corrected chi connectivity index (χ4v) is 4.63. The van der Waals surface area contributed by atoms with Crippen LogP contribution in [0.25, 0.3) is 0 Å². The second kappa shape index (κ2) is 9.16. The first-order valence-electron chi connectivity index (χ1n) is 10.3. The Morgan fingerprint density at radius 3 is 2.48 bits per heavy atom. The number of H-pyrrole nitrogens is 1. The van der Waals surface area contributed by atoms with Crippen LogP contribution in [0, 0.1) is 33.6 Å². The highest BCUT2D eigenvalue weighted by Gasteiger charge is 2.19. The van der Waals surface area contributed by atoms with Gasteiger partial charge in [0.1, 0.15) is 0 Å². The van der Waals surface area contributed by atoms with E-state index in [1.54, 1.807) is 0 Å². The fraction of sp³-hybridized carbons (Fsp3) is 0.478. The van der Waals surface area contributed by atoms with Crippen LogP contribution in [0.2, 0.25) is 0 Å². The molecule has 0 saturated heterocycles. The number of halogens is 1. The molecule has 3 N–H and O–H groups in total. The molecule has 1 aliphatic rings. The Balaban J connectivity index is 1.78. The van der Waals surface area contributed by atoms with Crippen molar-refractivity contribution in [3.63, 3.8) is 0 Å². The molecule has 156 valence electrons. The number of anilines is 1. The molecule has 1 aromatic heterocycles. The lowest BCUT2D eigenvalue weighted by Crippen LogP contribution is -2.28. The summed E-state index contributed by atoms with van der Waals surface area (Å²) in [6, 6.07) is 3.79. The van der Waals surface area contributed by atoms with Crippen molar-refractivity contribution in [1.29, 1.82) is 0 Å². The van der Waals surface area contributed by atoms with Gasteiger partial charge in [-0.2, -0.15) is 0 Å². The van der Waals surface area contributed by atoms with E-state index in [9.17, 15) is 9.59 Å². The summed E-state index contributed by atoms with van der Waals surface area (Å²) in [5, 5.41) is 6.51. The minimum Gasteiger partial charge on any atom is -0.384 e. The molecule has 5 nitrogen and oxygen atoms in total. The van der Waals surface area contributed by atoms with E-state index in [0.717, 1.165) is 39.1 Å². The third-order valence-corrected chi connectivity index (χ3v) is 6.81. The predicted molar refractivity (Wildman–Crippen MR) is 122 cm³/mol. The van der Waals surface area contributed by atoms with Crippen molar-refractivity contribution in [1.82, 2.24) is 10.3 Å². The number of aryl methyl sites for hydroxylation is 2. The van der Waals surface area contributed by atoms with Crippen LogP contribution < -0.4 is 16.2 Å². The standard InChI is InChI=1S/C23H30BrN3O2/c1-13-9-14(2)27-23(29)19(13)12-26-22(28)18-10-20(24)16(4)21(15(18)3)25-11-17-7-5-6-8-17/h9-10,17,25H,5-8,11-12H2,1-4H3,(H,26,28)(H,27,29). The van der Waals surface area contributed by atoms with Crippen molar-refractivity contribution in [3.05, 3.63) is 60.5 Å². The van der Waals surface area contributed by atoms with Gasteiger partial charge in [0.05, 0.1) is 0 Å². The molecule has 29 heavy (non-hydrogen) atoms. The predicted octanol–water partition coefficient (Wildman–Crippen LogP) is 4.90. The first-order valence-corrected chi connectivity index (χ1v) is 11.1. The Hall–Kier alpha value is -2.08. The van der Waals surface area contributed by atoms with E-state index in [1.165, 1.54) is 25.7 Å². The van der Waals surface area contributed by atoms with Crippen LogP contribution in [0.5, 0.6) is 0 Å². The number of nitrogens with one attached hydrogen (secondary N) is 3. The van der Waals surface area contributed by atoms with Gasteiger partial charge in [-0.1, -0.05) is 28.8 Å². The molecule has 0 spiro atoms. The maximum Gasteiger partial charge on any atom is 0.253 e. The molecule has 1 aliphatic carbocycles. The monoisotopic (exact) mass is 459 g/mol. The van der Waals surface area contributed by atoms with Crippen molar-refractivity contribution >= 4 is 27.5 Å². The smallest absolute Gasteiger partial charge is 0.253 e. The van der Waals surface area contributed by atoms with Crippen LogP contribution in [-0.4, -0.2) is 17.4 Å². The molecule has 0 atom stereocenters. The van der Waals surface area contributed by atoms with Crippen LogP contribution in [0.15, 0.2) is 21.4 Å². The summed E-state index contributed by atoms with van der Waals surface area (Å²) >= 11 is 3.61. The molecule has 3 rings (SSSR count). The zero-order valence-electron chi connectivity index (χ0n) is 17.7. The summed E-state index contributed by atoms with van der Waals surface area (Å²) in [7, 11) is 0. The summed E-state index contributed by atoms with van der Waals surface area (Å²) in [5.41, 5.74) is 5.85. The quantitative estimate of drug-likeness (QED) is 0.574. The summed E-state index contributed by atoms with van der Waals surface area (Å²) in [6.07, 6.45) is 5.18. The first kappa shape index (κ1) is 21.6. The molecule has 1 amide bonds. The Bertz CT molecular complexity index is 975. The molecular weight excluding hydrogens is 430 g/mol. The summed E-state index contributed by atoms with van der Waals surface area (Å²) in [5.74, 6) is 0.535. The molecule has 1 fully saturated rings. The van der Waals surface area contributed by atoms with Gasteiger partial charge in [0, 0.05) is 40.1 Å². The Morgan fingerprint density at radius 1 is 1.14 bits per heavy atom. The van der Waals surface area contributed by atoms with Gasteiger partial charge in [-0.15, -0.1) is 0 Å². The van der Waals surface area contributed by atoms with Crippen LogP contribution in [0.1, 0.15) is 64.0 Å². The molecule has 0 unspecified atom stereocenters. The van der Waals surface area contributed by atoms with E-state index in [1.807, 2.05) is 32.9 Å². The molecular formula is C23H30BrN3O2. The van der Waals surface area contributed by atoms with Crippen molar-refractivity contribution < 1.29 is 4.79 Å². The molecule has 1 saturated carbocycles. The lowest BCUT2D eigenvalue weighted by molar-refractivity contribution is 0.0950. The van der Waals surface area contributed by atoms with Gasteiger partial charge in [-0.05, 0) is 75.3 Å². The summed E-state index contributed by atoms with van der Waals surface area (Å²) < 4.78 is 0.909. The summed E-state index contributed by atoms with van der Waals surface area (Å²) in [4.78, 5) is 27.9. The number of hydrogen-bond donors (Lipinski definition) is 3. The lowest BCUT2D eigenvalue weighted by atomic mass is 10.0. The van der Waals surface area contributed by atoms with Gasteiger partial charge < -0.3 is 15.6 Å². The number of benzene rings is 1. The highest BCUT2D eigenvalue weighted by molar-refractivity contribution is 9.10. The maximum absolute atomic E-state index is 12.9. The molecule has 2 aromatic rings. The molecule has 0 bridgehead atoms. The number of aromatic nitrogens is 1. The number of aromatic amines is 1. The van der Waals surface area contributed by atoms with Crippen molar-refractivity contribution in [3.8, 4) is 0 Å². The average molecular weight is 460 g/mol. The van der Waals surface area contributed by atoms with Crippen LogP contribution >= 0.6 is 15.9 Å². The van der Waals surface area contributed by atoms with Gasteiger partial charge >= 0.3 is 0 Å². The van der Waals surface area contributed by atoms with Crippen LogP contribution in [0.4, 0.5) is 5.69 Å². The second-order valence-corrected chi connectivity index (χ2v) is 9.04. The van der Waals surface area contributed by atoms with Gasteiger partial charge in [-0.3, -0.25) is 9.59 Å². The van der Waals surface area contributed by atoms with Gasteiger partial charge in [0.15, 0.2) is 0 Å². The van der Waals surface area contributed by atoms with Crippen LogP contribution in [-0.2, 0) is 6.54 Å². The van der Waals surface area contributed by atoms with Crippen LogP contribution in [0.3, 0.4) is 0 Å².